The third-order valence-electron chi connectivity index (χ3n) is 2.83. The molecule has 0 aromatic heterocycles. The van der Waals surface area contributed by atoms with Gasteiger partial charge in [-0.1, -0.05) is 54.6 Å². The zero-order valence-corrected chi connectivity index (χ0v) is 9.91. The van der Waals surface area contributed by atoms with E-state index in [4.69, 9.17) is 10.8 Å². The van der Waals surface area contributed by atoms with Gasteiger partial charge >= 0.3 is 5.97 Å². The first-order valence-electron chi connectivity index (χ1n) is 5.79. The average molecular weight is 241 g/mol. The van der Waals surface area contributed by atoms with Crippen molar-refractivity contribution in [1.29, 1.82) is 0 Å². The molecule has 3 rings (SSSR count). The van der Waals surface area contributed by atoms with E-state index in [1.807, 2.05) is 30.3 Å². The van der Waals surface area contributed by atoms with Gasteiger partial charge in [0.1, 0.15) is 6.04 Å². The molecule has 1 atom stereocenters. The molecule has 0 radical (unpaired) electrons. The van der Waals surface area contributed by atoms with Crippen molar-refractivity contribution in [3.8, 4) is 11.1 Å². The quantitative estimate of drug-likeness (QED) is 0.739. The van der Waals surface area contributed by atoms with E-state index >= 15 is 0 Å². The zero-order valence-electron chi connectivity index (χ0n) is 9.91. The van der Waals surface area contributed by atoms with Gasteiger partial charge in [0, 0.05) is 0 Å². The third kappa shape index (κ3) is 2.96. The maximum Gasteiger partial charge on any atom is 0.320 e. The molecule has 3 heteroatoms. The van der Waals surface area contributed by atoms with E-state index in [0.717, 1.165) is 5.56 Å². The number of hydrogen-bond acceptors (Lipinski definition) is 2. The summed E-state index contributed by atoms with van der Waals surface area (Å²) < 4.78 is 0. The molecule has 0 fully saturated rings. The summed E-state index contributed by atoms with van der Waals surface area (Å²) in [6.45, 7) is 0. The van der Waals surface area contributed by atoms with Crippen molar-refractivity contribution in [2.45, 2.75) is 12.5 Å². The van der Waals surface area contributed by atoms with Gasteiger partial charge in [-0.05, 0) is 23.1 Å². The normalized spacial score (nSPS) is 12.1. The van der Waals surface area contributed by atoms with Crippen LogP contribution in [0.1, 0.15) is 5.56 Å². The topological polar surface area (TPSA) is 63.3 Å². The van der Waals surface area contributed by atoms with Crippen LogP contribution in [0.4, 0.5) is 0 Å². The molecule has 3 N–H and O–H groups in total. The van der Waals surface area contributed by atoms with E-state index in [0.29, 0.717) is 6.42 Å². The number of fused-ring (bicyclic) bond motifs is 1. The second-order valence-corrected chi connectivity index (χ2v) is 4.21. The summed E-state index contributed by atoms with van der Waals surface area (Å²) >= 11 is 0. The average Bonchev–Trinajstić information content (AvgIpc) is 2.35. The molecule has 0 aliphatic heterocycles. The summed E-state index contributed by atoms with van der Waals surface area (Å²) in [5.41, 5.74) is 9.15. The van der Waals surface area contributed by atoms with Crippen molar-refractivity contribution in [2.75, 3.05) is 0 Å². The SMILES string of the molecule is N[C@@H](Cc1ccccc1)C(=O)O.c1cc2ccc1-2. The zero-order chi connectivity index (χ0) is 13.0. The smallest absolute Gasteiger partial charge is 0.320 e. The summed E-state index contributed by atoms with van der Waals surface area (Å²) in [4.78, 5) is 10.4. The van der Waals surface area contributed by atoms with Crippen LogP contribution in [0.15, 0.2) is 54.6 Å². The van der Waals surface area contributed by atoms with Gasteiger partial charge in [-0.25, -0.2) is 0 Å². The number of nitrogens with two attached hydrogens (primary N) is 1. The van der Waals surface area contributed by atoms with Crippen LogP contribution < -0.4 is 5.73 Å². The van der Waals surface area contributed by atoms with Crippen LogP contribution >= 0.6 is 0 Å². The molecule has 1 aromatic rings. The molecule has 0 heterocycles. The molecule has 92 valence electrons. The molecular weight excluding hydrogens is 226 g/mol. The van der Waals surface area contributed by atoms with E-state index in [9.17, 15) is 4.79 Å². The minimum Gasteiger partial charge on any atom is -0.480 e. The molecule has 0 spiro atoms. The Kier molecular flexibility index (Phi) is 3.75. The van der Waals surface area contributed by atoms with Crippen molar-refractivity contribution < 1.29 is 9.90 Å². The summed E-state index contributed by atoms with van der Waals surface area (Å²) in [6, 6.07) is 17.0. The van der Waals surface area contributed by atoms with Gasteiger partial charge in [0.15, 0.2) is 0 Å². The lowest BCUT2D eigenvalue weighted by atomic mass is 9.95. The minimum atomic E-state index is -0.959. The second-order valence-electron chi connectivity index (χ2n) is 4.21. The Labute approximate surface area is 106 Å². The summed E-state index contributed by atoms with van der Waals surface area (Å²) in [7, 11) is 0. The van der Waals surface area contributed by atoms with Crippen molar-refractivity contribution in [3.63, 3.8) is 0 Å². The fourth-order valence-electron chi connectivity index (χ4n) is 1.62. The number of aliphatic carboxylic acids is 1. The molecule has 18 heavy (non-hydrogen) atoms. The number of carboxylic acid groups (broad SMARTS) is 1. The standard InChI is InChI=1S/C9H11NO2.C6H4/c10-8(9(11)12)6-7-4-2-1-3-5-7;1-2-6-4-3-5(1)6/h1-5,8H,6,10H2,(H,11,12);1-4H/t8-;/m0./s1. The third-order valence-corrected chi connectivity index (χ3v) is 2.83. The predicted molar refractivity (Wildman–Crippen MR) is 71.2 cm³/mol. The van der Waals surface area contributed by atoms with Crippen LogP contribution in [0, 0.1) is 0 Å². The lowest BCUT2D eigenvalue weighted by Crippen LogP contribution is -2.32. The molecule has 0 saturated heterocycles. The Morgan fingerprint density at radius 2 is 1.50 bits per heavy atom. The van der Waals surface area contributed by atoms with Gasteiger partial charge in [0.05, 0.1) is 0 Å². The Balaban J connectivity index is 0.000000164. The van der Waals surface area contributed by atoms with Crippen molar-refractivity contribution >= 4 is 5.97 Å². The lowest BCUT2D eigenvalue weighted by Gasteiger charge is -2.10. The highest BCUT2D eigenvalue weighted by Gasteiger charge is 2.10. The van der Waals surface area contributed by atoms with Gasteiger partial charge in [-0.2, -0.15) is 0 Å². The van der Waals surface area contributed by atoms with Crippen LogP contribution in [-0.4, -0.2) is 17.1 Å². The van der Waals surface area contributed by atoms with Gasteiger partial charge in [0.25, 0.3) is 0 Å². The van der Waals surface area contributed by atoms with Crippen LogP contribution in [-0.2, 0) is 11.2 Å². The molecule has 3 nitrogen and oxygen atoms in total. The van der Waals surface area contributed by atoms with E-state index in [1.54, 1.807) is 0 Å². The van der Waals surface area contributed by atoms with Crippen LogP contribution in [0.3, 0.4) is 0 Å². The van der Waals surface area contributed by atoms with Gasteiger partial charge in [-0.3, -0.25) is 4.79 Å². The highest BCUT2D eigenvalue weighted by Crippen LogP contribution is 2.29. The number of rotatable bonds is 3. The molecule has 0 saturated carbocycles. The fraction of sp³-hybridized carbons (Fsp3) is 0.133. The summed E-state index contributed by atoms with van der Waals surface area (Å²) in [5.74, 6) is -0.959. The van der Waals surface area contributed by atoms with E-state index < -0.39 is 12.0 Å². The van der Waals surface area contributed by atoms with E-state index in [-0.39, 0.29) is 0 Å². The maximum atomic E-state index is 10.4. The Morgan fingerprint density at radius 1 is 1.00 bits per heavy atom. The Bertz CT molecular complexity index is 499. The molecule has 2 aliphatic carbocycles. The highest BCUT2D eigenvalue weighted by atomic mass is 16.4. The molecule has 0 bridgehead atoms. The van der Waals surface area contributed by atoms with Gasteiger partial charge < -0.3 is 10.8 Å². The Hall–Kier alpha value is -2.13. The van der Waals surface area contributed by atoms with Crippen molar-refractivity contribution in [1.82, 2.24) is 0 Å². The van der Waals surface area contributed by atoms with Crippen molar-refractivity contribution in [3.05, 3.63) is 60.2 Å². The largest absolute Gasteiger partial charge is 0.480 e. The minimum absolute atomic E-state index is 0.385. The van der Waals surface area contributed by atoms with Crippen molar-refractivity contribution in [2.24, 2.45) is 5.73 Å². The second kappa shape index (κ2) is 5.47. The maximum absolute atomic E-state index is 10.4. The number of carboxylic acids is 1. The van der Waals surface area contributed by atoms with Crippen LogP contribution in [0.5, 0.6) is 0 Å². The molecule has 1 aromatic carbocycles. The monoisotopic (exact) mass is 241 g/mol. The fourth-order valence-corrected chi connectivity index (χ4v) is 1.62. The lowest BCUT2D eigenvalue weighted by molar-refractivity contribution is -0.138. The first kappa shape index (κ1) is 12.3. The number of carbonyl (C=O) groups is 1. The van der Waals surface area contributed by atoms with Crippen LogP contribution in [0.2, 0.25) is 0 Å². The Morgan fingerprint density at radius 3 is 1.83 bits per heavy atom. The highest BCUT2D eigenvalue weighted by molar-refractivity contribution is 5.75. The van der Waals surface area contributed by atoms with Gasteiger partial charge in [0.2, 0.25) is 0 Å². The number of benzene rings is 2. The molecule has 0 amide bonds. The molecule has 2 aliphatic rings. The number of hydrogen-bond donors (Lipinski definition) is 2. The first-order chi connectivity index (χ1) is 8.66. The summed E-state index contributed by atoms with van der Waals surface area (Å²) in [5, 5.41) is 8.52. The predicted octanol–water partition coefficient (Wildman–Crippen LogP) is 2.31. The molecular formula is C15H15NO2. The first-order valence-corrected chi connectivity index (χ1v) is 5.79. The molecule has 0 unspecified atom stereocenters. The summed E-state index contributed by atoms with van der Waals surface area (Å²) in [6.07, 6.45) is 0.385. The van der Waals surface area contributed by atoms with Gasteiger partial charge in [-0.15, -0.1) is 0 Å². The van der Waals surface area contributed by atoms with E-state index in [2.05, 4.69) is 24.3 Å². The van der Waals surface area contributed by atoms with E-state index in [1.165, 1.54) is 11.1 Å². The van der Waals surface area contributed by atoms with Crippen LogP contribution in [0.25, 0.3) is 11.1 Å².